The molecule has 0 unspecified atom stereocenters. The van der Waals surface area contributed by atoms with E-state index in [0.29, 0.717) is 0 Å². The van der Waals surface area contributed by atoms with Crippen molar-refractivity contribution >= 4 is 0 Å². The molecular weight excluding hydrogens is 220 g/mol. The summed E-state index contributed by atoms with van der Waals surface area (Å²) in [5, 5.41) is 7.01. The SMILES string of the molecule is CCCc1ccc(CCNCCNC2CC2)cc1. The third kappa shape index (κ3) is 5.19. The van der Waals surface area contributed by atoms with Crippen LogP contribution in [0.4, 0.5) is 0 Å². The highest BCUT2D eigenvalue weighted by Crippen LogP contribution is 2.17. The quantitative estimate of drug-likeness (QED) is 0.654. The van der Waals surface area contributed by atoms with Crippen LogP contribution in [0.3, 0.4) is 0 Å². The van der Waals surface area contributed by atoms with E-state index in [9.17, 15) is 0 Å². The first-order chi connectivity index (χ1) is 8.88. The third-order valence-corrected chi connectivity index (χ3v) is 3.46. The van der Waals surface area contributed by atoms with Gasteiger partial charge in [-0.1, -0.05) is 37.6 Å². The minimum Gasteiger partial charge on any atom is -0.315 e. The Morgan fingerprint density at radius 1 is 0.944 bits per heavy atom. The van der Waals surface area contributed by atoms with Gasteiger partial charge in [0.25, 0.3) is 0 Å². The van der Waals surface area contributed by atoms with Crippen LogP contribution in [-0.2, 0) is 12.8 Å². The van der Waals surface area contributed by atoms with Crippen LogP contribution in [0.15, 0.2) is 24.3 Å². The van der Waals surface area contributed by atoms with E-state index in [0.717, 1.165) is 32.1 Å². The van der Waals surface area contributed by atoms with Gasteiger partial charge in [0.15, 0.2) is 0 Å². The van der Waals surface area contributed by atoms with Gasteiger partial charge in [0, 0.05) is 19.1 Å². The van der Waals surface area contributed by atoms with Gasteiger partial charge in [-0.05, 0) is 43.4 Å². The molecule has 0 heterocycles. The number of rotatable bonds is 9. The van der Waals surface area contributed by atoms with Crippen LogP contribution < -0.4 is 10.6 Å². The van der Waals surface area contributed by atoms with Crippen molar-refractivity contribution in [3.63, 3.8) is 0 Å². The molecule has 1 aromatic carbocycles. The molecule has 2 N–H and O–H groups in total. The van der Waals surface area contributed by atoms with Gasteiger partial charge >= 0.3 is 0 Å². The van der Waals surface area contributed by atoms with Crippen molar-refractivity contribution in [3.8, 4) is 0 Å². The minimum atomic E-state index is 0.831. The Kier molecular flexibility index (Phi) is 5.69. The van der Waals surface area contributed by atoms with Gasteiger partial charge in [0.1, 0.15) is 0 Å². The van der Waals surface area contributed by atoms with Crippen molar-refractivity contribution in [2.45, 2.75) is 45.1 Å². The zero-order valence-corrected chi connectivity index (χ0v) is 11.5. The Morgan fingerprint density at radius 3 is 2.22 bits per heavy atom. The summed E-state index contributed by atoms with van der Waals surface area (Å²) in [6.07, 6.45) is 6.32. The highest BCUT2D eigenvalue weighted by molar-refractivity contribution is 5.22. The Morgan fingerprint density at radius 2 is 1.61 bits per heavy atom. The van der Waals surface area contributed by atoms with Gasteiger partial charge < -0.3 is 10.6 Å². The predicted molar refractivity (Wildman–Crippen MR) is 78.0 cm³/mol. The number of hydrogen-bond acceptors (Lipinski definition) is 2. The molecule has 2 rings (SSSR count). The molecular formula is C16H26N2. The van der Waals surface area contributed by atoms with Crippen LogP contribution >= 0.6 is 0 Å². The lowest BCUT2D eigenvalue weighted by molar-refractivity contribution is 0.609. The molecule has 1 saturated carbocycles. The van der Waals surface area contributed by atoms with E-state index in [4.69, 9.17) is 0 Å². The molecule has 0 aromatic heterocycles. The predicted octanol–water partition coefficient (Wildman–Crippen LogP) is 2.52. The molecule has 0 spiro atoms. The van der Waals surface area contributed by atoms with E-state index in [1.807, 2.05) is 0 Å². The number of aryl methyl sites for hydroxylation is 1. The maximum absolute atomic E-state index is 3.51. The van der Waals surface area contributed by atoms with Gasteiger partial charge in [0.2, 0.25) is 0 Å². The van der Waals surface area contributed by atoms with E-state index in [1.165, 1.54) is 36.8 Å². The van der Waals surface area contributed by atoms with Crippen molar-refractivity contribution in [1.29, 1.82) is 0 Å². The van der Waals surface area contributed by atoms with E-state index in [-0.39, 0.29) is 0 Å². The highest BCUT2D eigenvalue weighted by Gasteiger charge is 2.19. The van der Waals surface area contributed by atoms with Crippen LogP contribution in [0.5, 0.6) is 0 Å². The molecule has 1 aromatic rings. The molecule has 1 aliphatic rings. The van der Waals surface area contributed by atoms with Crippen LogP contribution in [0.25, 0.3) is 0 Å². The molecule has 1 aliphatic carbocycles. The summed E-state index contributed by atoms with van der Waals surface area (Å²) in [4.78, 5) is 0. The number of hydrogen-bond donors (Lipinski definition) is 2. The summed E-state index contributed by atoms with van der Waals surface area (Å²) in [6.45, 7) is 5.51. The van der Waals surface area contributed by atoms with Gasteiger partial charge in [0.05, 0.1) is 0 Å². The first-order valence-corrected chi connectivity index (χ1v) is 7.40. The summed E-state index contributed by atoms with van der Waals surface area (Å²) >= 11 is 0. The summed E-state index contributed by atoms with van der Waals surface area (Å²) in [5.74, 6) is 0. The maximum Gasteiger partial charge on any atom is 0.00793 e. The van der Waals surface area contributed by atoms with Gasteiger partial charge in [-0.2, -0.15) is 0 Å². The maximum atomic E-state index is 3.51. The average Bonchev–Trinajstić information content (AvgIpc) is 3.20. The molecule has 100 valence electrons. The fourth-order valence-corrected chi connectivity index (χ4v) is 2.17. The second-order valence-electron chi connectivity index (χ2n) is 5.29. The molecule has 0 saturated heterocycles. The lowest BCUT2D eigenvalue weighted by Gasteiger charge is -2.06. The zero-order valence-electron chi connectivity index (χ0n) is 11.5. The highest BCUT2D eigenvalue weighted by atomic mass is 15.0. The summed E-state index contributed by atoms with van der Waals surface area (Å²) in [5.41, 5.74) is 2.90. The number of nitrogens with one attached hydrogen (secondary N) is 2. The van der Waals surface area contributed by atoms with E-state index in [1.54, 1.807) is 0 Å². The standard InChI is InChI=1S/C16H26N2/c1-2-3-14-4-6-15(7-5-14)10-11-17-12-13-18-16-8-9-16/h4-7,16-18H,2-3,8-13H2,1H3. The smallest absolute Gasteiger partial charge is 0.00793 e. The fourth-order valence-electron chi connectivity index (χ4n) is 2.17. The molecule has 0 aliphatic heterocycles. The van der Waals surface area contributed by atoms with Crippen molar-refractivity contribution in [1.82, 2.24) is 10.6 Å². The second kappa shape index (κ2) is 7.55. The lowest BCUT2D eigenvalue weighted by Crippen LogP contribution is -2.29. The molecule has 0 radical (unpaired) electrons. The van der Waals surface area contributed by atoms with Gasteiger partial charge in [-0.25, -0.2) is 0 Å². The largest absolute Gasteiger partial charge is 0.315 e. The molecule has 2 nitrogen and oxygen atoms in total. The molecule has 0 amide bonds. The molecule has 0 atom stereocenters. The monoisotopic (exact) mass is 246 g/mol. The van der Waals surface area contributed by atoms with Crippen LogP contribution in [0, 0.1) is 0 Å². The Hall–Kier alpha value is -0.860. The topological polar surface area (TPSA) is 24.1 Å². The molecule has 18 heavy (non-hydrogen) atoms. The van der Waals surface area contributed by atoms with Crippen molar-refractivity contribution < 1.29 is 0 Å². The van der Waals surface area contributed by atoms with Crippen LogP contribution in [0.2, 0.25) is 0 Å². The van der Waals surface area contributed by atoms with Crippen molar-refractivity contribution in [3.05, 3.63) is 35.4 Å². The molecule has 2 heteroatoms. The Labute approximate surface area is 111 Å². The van der Waals surface area contributed by atoms with Crippen LogP contribution in [0.1, 0.15) is 37.3 Å². The van der Waals surface area contributed by atoms with E-state index in [2.05, 4.69) is 41.8 Å². The third-order valence-electron chi connectivity index (χ3n) is 3.46. The number of benzene rings is 1. The van der Waals surface area contributed by atoms with E-state index >= 15 is 0 Å². The fraction of sp³-hybridized carbons (Fsp3) is 0.625. The summed E-state index contributed by atoms with van der Waals surface area (Å²) in [6, 6.07) is 9.92. The molecule has 1 fully saturated rings. The van der Waals surface area contributed by atoms with Gasteiger partial charge in [-0.3, -0.25) is 0 Å². The molecule has 0 bridgehead atoms. The minimum absolute atomic E-state index is 0.831. The Bertz CT molecular complexity index is 327. The first-order valence-electron chi connectivity index (χ1n) is 7.40. The summed E-state index contributed by atoms with van der Waals surface area (Å²) in [7, 11) is 0. The normalized spacial score (nSPS) is 14.9. The second-order valence-corrected chi connectivity index (χ2v) is 5.29. The lowest BCUT2D eigenvalue weighted by atomic mass is 10.1. The van der Waals surface area contributed by atoms with E-state index < -0.39 is 0 Å². The van der Waals surface area contributed by atoms with Crippen molar-refractivity contribution in [2.75, 3.05) is 19.6 Å². The summed E-state index contributed by atoms with van der Waals surface area (Å²) < 4.78 is 0. The van der Waals surface area contributed by atoms with Crippen LogP contribution in [-0.4, -0.2) is 25.7 Å². The Balaban J connectivity index is 1.54. The van der Waals surface area contributed by atoms with Gasteiger partial charge in [-0.15, -0.1) is 0 Å². The average molecular weight is 246 g/mol. The van der Waals surface area contributed by atoms with Crippen molar-refractivity contribution in [2.24, 2.45) is 0 Å². The first kappa shape index (κ1) is 13.6. The zero-order chi connectivity index (χ0) is 12.6.